The highest BCUT2D eigenvalue weighted by Gasteiger charge is 2.23. The summed E-state index contributed by atoms with van der Waals surface area (Å²) in [6.45, 7) is 0.212. The number of amides is 2. The fourth-order valence-corrected chi connectivity index (χ4v) is 4.89. The zero-order valence-electron chi connectivity index (χ0n) is 23.1. The molecule has 0 aliphatic heterocycles. The van der Waals surface area contributed by atoms with Crippen molar-refractivity contribution in [1.29, 1.82) is 0 Å². The first-order valence-corrected chi connectivity index (χ1v) is 13.7. The van der Waals surface area contributed by atoms with Gasteiger partial charge in [0.2, 0.25) is 5.91 Å². The van der Waals surface area contributed by atoms with Crippen LogP contribution in [0.3, 0.4) is 0 Å². The van der Waals surface area contributed by atoms with E-state index in [2.05, 4.69) is 20.6 Å². The van der Waals surface area contributed by atoms with Crippen molar-refractivity contribution in [2.24, 2.45) is 0 Å². The number of aromatic nitrogens is 2. The summed E-state index contributed by atoms with van der Waals surface area (Å²) in [6.07, 6.45) is 3.65. The highest BCUT2D eigenvalue weighted by molar-refractivity contribution is 5.99. The number of carboxylic acid groups (broad SMARTS) is 2. The molecule has 0 bridgehead atoms. The Hall–Kier alpha value is -5.58. The van der Waals surface area contributed by atoms with Crippen LogP contribution in [-0.4, -0.2) is 56.6 Å². The summed E-state index contributed by atoms with van der Waals surface area (Å²) in [5, 5.41) is 25.9. The summed E-state index contributed by atoms with van der Waals surface area (Å²) in [7, 11) is 0. The molecular formula is C32H30N4O7. The Morgan fingerprint density at radius 3 is 2.14 bits per heavy atom. The number of hydrogen-bond donors (Lipinski definition) is 6. The van der Waals surface area contributed by atoms with Crippen LogP contribution in [0, 0.1) is 0 Å². The predicted molar refractivity (Wildman–Crippen MR) is 160 cm³/mol. The second-order valence-electron chi connectivity index (χ2n) is 10.0. The number of H-pyrrole nitrogens is 2. The minimum Gasteiger partial charge on any atom is -0.491 e. The molecule has 43 heavy (non-hydrogen) atoms. The van der Waals surface area contributed by atoms with E-state index < -0.39 is 29.8 Å². The normalized spacial score (nSPS) is 11.7. The zero-order chi connectivity index (χ0) is 30.3. The molecule has 6 N–H and O–H groups in total. The molecule has 11 nitrogen and oxygen atoms in total. The third-order valence-electron chi connectivity index (χ3n) is 7.09. The number of ether oxygens (including phenoxy) is 1. The van der Waals surface area contributed by atoms with Crippen LogP contribution >= 0.6 is 0 Å². The fourth-order valence-electron chi connectivity index (χ4n) is 4.89. The topological polar surface area (TPSA) is 174 Å². The molecule has 0 saturated carbocycles. The van der Waals surface area contributed by atoms with Gasteiger partial charge < -0.3 is 35.6 Å². The first kappa shape index (κ1) is 28.9. The smallest absolute Gasteiger partial charge is 0.326 e. The van der Waals surface area contributed by atoms with Crippen molar-refractivity contribution in [3.05, 3.63) is 95.8 Å². The van der Waals surface area contributed by atoms with E-state index in [0.29, 0.717) is 6.42 Å². The van der Waals surface area contributed by atoms with Crippen molar-refractivity contribution in [2.45, 2.75) is 31.7 Å². The summed E-state index contributed by atoms with van der Waals surface area (Å²) in [5.74, 6) is -3.24. The van der Waals surface area contributed by atoms with E-state index >= 15 is 0 Å². The van der Waals surface area contributed by atoms with Crippen molar-refractivity contribution in [1.82, 2.24) is 15.3 Å². The highest BCUT2D eigenvalue weighted by Crippen LogP contribution is 2.28. The molecule has 1 atom stereocenters. The molecule has 5 rings (SSSR count). The minimum atomic E-state index is -1.20. The summed E-state index contributed by atoms with van der Waals surface area (Å²) < 4.78 is 6.02. The second-order valence-corrected chi connectivity index (χ2v) is 10.0. The van der Waals surface area contributed by atoms with Crippen LogP contribution in [-0.2, 0) is 27.2 Å². The number of para-hydroxylation sites is 2. The van der Waals surface area contributed by atoms with Crippen LogP contribution in [0.4, 0.5) is 5.69 Å². The van der Waals surface area contributed by atoms with Gasteiger partial charge in [-0.05, 0) is 41.5 Å². The van der Waals surface area contributed by atoms with Gasteiger partial charge in [0.05, 0.1) is 18.7 Å². The van der Waals surface area contributed by atoms with E-state index in [1.165, 1.54) is 18.2 Å². The van der Waals surface area contributed by atoms with Gasteiger partial charge in [-0.3, -0.25) is 14.4 Å². The van der Waals surface area contributed by atoms with E-state index in [-0.39, 0.29) is 42.9 Å². The monoisotopic (exact) mass is 582 g/mol. The number of benzene rings is 3. The average molecular weight is 583 g/mol. The number of anilines is 1. The van der Waals surface area contributed by atoms with Gasteiger partial charge in [-0.25, -0.2) is 4.79 Å². The molecule has 5 aromatic rings. The zero-order valence-corrected chi connectivity index (χ0v) is 23.1. The lowest BCUT2D eigenvalue weighted by atomic mass is 10.0. The maximum atomic E-state index is 13.2. The van der Waals surface area contributed by atoms with Crippen LogP contribution in [0.1, 0.15) is 34.3 Å². The highest BCUT2D eigenvalue weighted by atomic mass is 16.5. The molecule has 2 amide bonds. The fraction of sp³-hybridized carbons (Fsp3) is 0.188. The molecule has 2 heterocycles. The molecule has 0 aliphatic carbocycles. The van der Waals surface area contributed by atoms with Crippen LogP contribution in [0.15, 0.2) is 79.1 Å². The lowest BCUT2D eigenvalue weighted by Gasteiger charge is -2.17. The number of carboxylic acids is 2. The van der Waals surface area contributed by atoms with E-state index in [1.54, 1.807) is 6.20 Å². The number of aliphatic carboxylic acids is 2. The minimum absolute atomic E-state index is 0.0663. The van der Waals surface area contributed by atoms with E-state index in [9.17, 15) is 24.3 Å². The van der Waals surface area contributed by atoms with Gasteiger partial charge in [0.25, 0.3) is 5.91 Å². The molecule has 0 spiro atoms. The summed E-state index contributed by atoms with van der Waals surface area (Å²) >= 11 is 0. The summed E-state index contributed by atoms with van der Waals surface area (Å²) in [6, 6.07) is 18.5. The number of carbonyl (C=O) groups excluding carboxylic acids is 2. The third-order valence-corrected chi connectivity index (χ3v) is 7.09. The third kappa shape index (κ3) is 7.02. The molecular weight excluding hydrogens is 552 g/mol. The van der Waals surface area contributed by atoms with Gasteiger partial charge in [-0.2, -0.15) is 0 Å². The largest absolute Gasteiger partial charge is 0.491 e. The number of nitrogens with one attached hydrogen (secondary N) is 4. The van der Waals surface area contributed by atoms with Gasteiger partial charge >= 0.3 is 11.9 Å². The average Bonchev–Trinajstić information content (AvgIpc) is 3.60. The molecule has 220 valence electrons. The lowest BCUT2D eigenvalue weighted by Crippen LogP contribution is -2.42. The maximum Gasteiger partial charge on any atom is 0.326 e. The molecule has 0 saturated heterocycles. The predicted octanol–water partition coefficient (Wildman–Crippen LogP) is 4.50. The standard InChI is InChI=1S/C32H30N4O7/c37-29(11-12-30(38)39)35-26-10-9-19(16-28(26)43-14-13-20-17-33-24-7-3-1-5-22(20)24)31(40)36-27(32(41)42)15-21-18-34-25-8-4-2-6-23(21)25/h1-10,16-18,27,33-34H,11-15H2,(H,35,37)(H,36,40)(H,38,39)(H,41,42)/t27-/m0/s1. The maximum absolute atomic E-state index is 13.2. The second kappa shape index (κ2) is 12.9. The van der Waals surface area contributed by atoms with Gasteiger partial charge in [0.15, 0.2) is 0 Å². The van der Waals surface area contributed by atoms with Crippen molar-refractivity contribution in [2.75, 3.05) is 11.9 Å². The van der Waals surface area contributed by atoms with E-state index in [0.717, 1.165) is 32.9 Å². The van der Waals surface area contributed by atoms with Crippen LogP contribution in [0.25, 0.3) is 21.8 Å². The van der Waals surface area contributed by atoms with E-state index in [4.69, 9.17) is 9.84 Å². The first-order chi connectivity index (χ1) is 20.8. The van der Waals surface area contributed by atoms with Gasteiger partial charge in [-0.1, -0.05) is 36.4 Å². The van der Waals surface area contributed by atoms with Crippen LogP contribution < -0.4 is 15.4 Å². The van der Waals surface area contributed by atoms with Crippen LogP contribution in [0.5, 0.6) is 5.75 Å². The summed E-state index contributed by atoms with van der Waals surface area (Å²) in [4.78, 5) is 54.9. The van der Waals surface area contributed by atoms with Crippen molar-refractivity contribution in [3.8, 4) is 5.75 Å². The lowest BCUT2D eigenvalue weighted by molar-refractivity contribution is -0.139. The Balaban J connectivity index is 1.33. The van der Waals surface area contributed by atoms with Crippen molar-refractivity contribution >= 4 is 51.2 Å². The SMILES string of the molecule is O=C(O)CCC(=O)Nc1ccc(C(=O)N[C@@H](Cc2c[nH]c3ccccc23)C(=O)O)cc1OCCc1c[nH]c2ccccc12. The van der Waals surface area contributed by atoms with Crippen LogP contribution in [0.2, 0.25) is 0 Å². The molecule has 2 aromatic heterocycles. The number of hydrogen-bond acceptors (Lipinski definition) is 5. The van der Waals surface area contributed by atoms with Gasteiger partial charge in [0.1, 0.15) is 11.8 Å². The molecule has 0 radical (unpaired) electrons. The molecule has 0 fully saturated rings. The number of fused-ring (bicyclic) bond motifs is 2. The van der Waals surface area contributed by atoms with Gasteiger partial charge in [-0.15, -0.1) is 0 Å². The Kier molecular flexibility index (Phi) is 8.71. The number of carbonyl (C=O) groups is 4. The molecule has 0 unspecified atom stereocenters. The van der Waals surface area contributed by atoms with Crippen molar-refractivity contribution < 1.29 is 34.1 Å². The molecule has 3 aromatic carbocycles. The van der Waals surface area contributed by atoms with Gasteiger partial charge in [0, 0.05) is 59.0 Å². The molecule has 0 aliphatic rings. The Labute approximate surface area is 245 Å². The first-order valence-electron chi connectivity index (χ1n) is 13.7. The number of rotatable bonds is 13. The quantitative estimate of drug-likeness (QED) is 0.119. The molecule has 11 heteroatoms. The Morgan fingerprint density at radius 1 is 0.814 bits per heavy atom. The Morgan fingerprint density at radius 2 is 1.47 bits per heavy atom. The number of aromatic amines is 2. The Bertz CT molecular complexity index is 1810. The summed E-state index contributed by atoms with van der Waals surface area (Å²) in [5.41, 5.74) is 4.03. The van der Waals surface area contributed by atoms with Crippen molar-refractivity contribution in [3.63, 3.8) is 0 Å². The van der Waals surface area contributed by atoms with E-state index in [1.807, 2.05) is 54.7 Å².